The van der Waals surface area contributed by atoms with Crippen LogP contribution >= 0.6 is 0 Å². The lowest BCUT2D eigenvalue weighted by Crippen LogP contribution is -2.44. The molecule has 0 aromatic heterocycles. The van der Waals surface area contributed by atoms with Gasteiger partial charge in [0.05, 0.1) is 12.2 Å². The molecule has 1 unspecified atom stereocenters. The van der Waals surface area contributed by atoms with Crippen LogP contribution in [0.2, 0.25) is 0 Å². The third kappa shape index (κ3) is 2.25. The Kier molecular flexibility index (Phi) is 3.06. The highest BCUT2D eigenvalue weighted by molar-refractivity contribution is 4.88. The normalized spacial score (nSPS) is 39.5. The maximum absolute atomic E-state index is 6.00. The van der Waals surface area contributed by atoms with Crippen LogP contribution in [0.3, 0.4) is 0 Å². The largest absolute Gasteiger partial charge is 0.375 e. The van der Waals surface area contributed by atoms with Gasteiger partial charge in [0.15, 0.2) is 0 Å². The summed E-state index contributed by atoms with van der Waals surface area (Å²) in [5, 5.41) is 0. The maximum atomic E-state index is 6.00. The molecule has 3 atom stereocenters. The van der Waals surface area contributed by atoms with Crippen molar-refractivity contribution in [1.29, 1.82) is 0 Å². The first-order valence-electron chi connectivity index (χ1n) is 5.50. The van der Waals surface area contributed by atoms with E-state index in [-0.39, 0.29) is 0 Å². The molecule has 78 valence electrons. The molecule has 0 amide bonds. The maximum Gasteiger partial charge on any atom is 0.0607 e. The van der Waals surface area contributed by atoms with Gasteiger partial charge in [-0.3, -0.25) is 0 Å². The van der Waals surface area contributed by atoms with Crippen molar-refractivity contribution in [3.8, 4) is 0 Å². The van der Waals surface area contributed by atoms with Crippen molar-refractivity contribution in [1.82, 2.24) is 0 Å². The molecule has 0 radical (unpaired) electrons. The van der Waals surface area contributed by atoms with Crippen molar-refractivity contribution in [2.24, 2.45) is 17.3 Å². The predicted molar refractivity (Wildman–Crippen MR) is 56.7 cm³/mol. The van der Waals surface area contributed by atoms with Gasteiger partial charge in [-0.15, -0.1) is 0 Å². The van der Waals surface area contributed by atoms with Gasteiger partial charge in [-0.2, -0.15) is 0 Å². The lowest BCUT2D eigenvalue weighted by Gasteiger charge is -2.46. The minimum absolute atomic E-state index is 0.413. The Balaban J connectivity index is 2.70. The first-order valence-corrected chi connectivity index (χ1v) is 5.50. The molecule has 1 rings (SSSR count). The van der Waals surface area contributed by atoms with Gasteiger partial charge in [-0.1, -0.05) is 34.6 Å². The molecule has 1 fully saturated rings. The molecule has 1 heterocycles. The number of ether oxygens (including phenoxy) is 1. The van der Waals surface area contributed by atoms with Gasteiger partial charge >= 0.3 is 0 Å². The third-order valence-corrected chi connectivity index (χ3v) is 3.80. The molecule has 1 aliphatic heterocycles. The molecule has 0 aromatic rings. The number of hydrogen-bond donors (Lipinski definition) is 0. The monoisotopic (exact) mass is 184 g/mol. The zero-order chi connectivity index (χ0) is 10.2. The van der Waals surface area contributed by atoms with Crippen LogP contribution in [0.5, 0.6) is 0 Å². The highest BCUT2D eigenvalue weighted by atomic mass is 16.5. The van der Waals surface area contributed by atoms with E-state index in [1.165, 1.54) is 6.42 Å². The van der Waals surface area contributed by atoms with Gasteiger partial charge < -0.3 is 4.74 Å². The number of rotatable bonds is 1. The van der Waals surface area contributed by atoms with Crippen LogP contribution in [-0.4, -0.2) is 12.2 Å². The van der Waals surface area contributed by atoms with Gasteiger partial charge in [-0.05, 0) is 30.6 Å². The Hall–Kier alpha value is -0.0400. The fourth-order valence-electron chi connectivity index (χ4n) is 2.17. The quantitative estimate of drug-likeness (QED) is 0.606. The fourth-order valence-corrected chi connectivity index (χ4v) is 2.17. The second-order valence-electron chi connectivity index (χ2n) is 5.61. The molecule has 0 aliphatic carbocycles. The van der Waals surface area contributed by atoms with Crippen LogP contribution in [0.25, 0.3) is 0 Å². The van der Waals surface area contributed by atoms with Crippen molar-refractivity contribution in [2.45, 2.75) is 60.2 Å². The summed E-state index contributed by atoms with van der Waals surface area (Å²) >= 11 is 0. The van der Waals surface area contributed by atoms with Crippen molar-refractivity contribution in [3.05, 3.63) is 0 Å². The zero-order valence-corrected chi connectivity index (χ0v) is 9.92. The molecular weight excluding hydrogens is 160 g/mol. The molecule has 1 heteroatoms. The Morgan fingerprint density at radius 1 is 1.23 bits per heavy atom. The second kappa shape index (κ2) is 3.61. The number of hydrogen-bond acceptors (Lipinski definition) is 1. The molecule has 0 spiro atoms. The first-order chi connectivity index (χ1) is 5.84. The van der Waals surface area contributed by atoms with Gasteiger partial charge in [0.25, 0.3) is 0 Å². The lowest BCUT2D eigenvalue weighted by molar-refractivity contribution is -0.138. The van der Waals surface area contributed by atoms with E-state index in [2.05, 4.69) is 41.5 Å². The molecule has 13 heavy (non-hydrogen) atoms. The average molecular weight is 184 g/mol. The molecule has 0 saturated carbocycles. The van der Waals surface area contributed by atoms with E-state index in [1.807, 2.05) is 0 Å². The lowest BCUT2D eigenvalue weighted by atomic mass is 9.70. The Labute approximate surface area is 82.9 Å². The Bertz CT molecular complexity index is 172. The SMILES string of the molecule is CC(C)[C@H]1CC(C)(C)[C@@H](C)C(C)O1. The summed E-state index contributed by atoms with van der Waals surface area (Å²) in [7, 11) is 0. The minimum Gasteiger partial charge on any atom is -0.375 e. The summed E-state index contributed by atoms with van der Waals surface area (Å²) in [5.41, 5.74) is 0.437. The van der Waals surface area contributed by atoms with Gasteiger partial charge in [-0.25, -0.2) is 0 Å². The van der Waals surface area contributed by atoms with Gasteiger partial charge in [0.2, 0.25) is 0 Å². The van der Waals surface area contributed by atoms with Gasteiger partial charge in [0, 0.05) is 0 Å². The van der Waals surface area contributed by atoms with Crippen molar-refractivity contribution in [2.75, 3.05) is 0 Å². The summed E-state index contributed by atoms with van der Waals surface area (Å²) in [6.07, 6.45) is 2.08. The molecule has 1 aliphatic rings. The van der Waals surface area contributed by atoms with E-state index in [4.69, 9.17) is 4.74 Å². The van der Waals surface area contributed by atoms with Crippen molar-refractivity contribution >= 4 is 0 Å². The van der Waals surface area contributed by atoms with Crippen LogP contribution in [0.1, 0.15) is 48.0 Å². The highest BCUT2D eigenvalue weighted by Crippen LogP contribution is 2.42. The summed E-state index contributed by atoms with van der Waals surface area (Å²) < 4.78 is 6.00. The van der Waals surface area contributed by atoms with Crippen LogP contribution < -0.4 is 0 Å². The Morgan fingerprint density at radius 2 is 1.77 bits per heavy atom. The summed E-state index contributed by atoms with van der Waals surface area (Å²) in [4.78, 5) is 0. The minimum atomic E-state index is 0.413. The van der Waals surface area contributed by atoms with E-state index in [9.17, 15) is 0 Å². The van der Waals surface area contributed by atoms with Crippen molar-refractivity contribution in [3.63, 3.8) is 0 Å². The van der Waals surface area contributed by atoms with E-state index >= 15 is 0 Å². The average Bonchev–Trinajstić information content (AvgIpc) is 1.99. The molecule has 1 nitrogen and oxygen atoms in total. The molecule has 0 N–H and O–H groups in total. The van der Waals surface area contributed by atoms with Crippen LogP contribution in [0.4, 0.5) is 0 Å². The molecule has 0 aromatic carbocycles. The van der Waals surface area contributed by atoms with Crippen LogP contribution in [0.15, 0.2) is 0 Å². The third-order valence-electron chi connectivity index (χ3n) is 3.80. The van der Waals surface area contributed by atoms with Crippen molar-refractivity contribution < 1.29 is 4.74 Å². The summed E-state index contributed by atoms with van der Waals surface area (Å²) in [6.45, 7) is 13.8. The smallest absolute Gasteiger partial charge is 0.0607 e. The van der Waals surface area contributed by atoms with E-state index in [0.29, 0.717) is 29.5 Å². The summed E-state index contributed by atoms with van der Waals surface area (Å²) in [5.74, 6) is 1.32. The van der Waals surface area contributed by atoms with E-state index < -0.39 is 0 Å². The highest BCUT2D eigenvalue weighted by Gasteiger charge is 2.39. The Morgan fingerprint density at radius 3 is 2.15 bits per heavy atom. The summed E-state index contributed by atoms with van der Waals surface area (Å²) in [6, 6.07) is 0. The van der Waals surface area contributed by atoms with Gasteiger partial charge in [0.1, 0.15) is 0 Å². The van der Waals surface area contributed by atoms with E-state index in [0.717, 1.165) is 0 Å². The topological polar surface area (TPSA) is 9.23 Å². The molecule has 1 saturated heterocycles. The first kappa shape index (κ1) is 11.0. The molecule has 0 bridgehead atoms. The predicted octanol–water partition coefficient (Wildman–Crippen LogP) is 3.48. The standard InChI is InChI=1S/C12H24O/c1-8(2)11-7-12(5,6)9(3)10(4)13-11/h8-11H,7H2,1-6H3/t9-,10?,11+/m0/s1. The fraction of sp³-hybridized carbons (Fsp3) is 1.00. The van der Waals surface area contributed by atoms with Crippen LogP contribution in [-0.2, 0) is 4.74 Å². The zero-order valence-electron chi connectivity index (χ0n) is 9.92. The van der Waals surface area contributed by atoms with Crippen LogP contribution in [0, 0.1) is 17.3 Å². The van der Waals surface area contributed by atoms with E-state index in [1.54, 1.807) is 0 Å². The molecular formula is C12H24O. The second-order valence-corrected chi connectivity index (χ2v) is 5.61.